The second-order valence-corrected chi connectivity index (χ2v) is 13.5. The van der Waals surface area contributed by atoms with E-state index in [0.29, 0.717) is 36.7 Å². The van der Waals surface area contributed by atoms with Crippen LogP contribution in [0.15, 0.2) is 91.0 Å². The summed E-state index contributed by atoms with van der Waals surface area (Å²) in [5, 5.41) is 12.7. The standard InChI is InChI=1S/C39H43N3O6/c1-5-38-19-9-21-40(28-15-17-30(18-16-28)47-6-2)35(44)32(38)33-36(45)42(31(24-43)25(3)4)34-37(46)41(22-10-20-39(33,34)48-38)29-14-13-26-11-7-8-12-27(26)23-29/h7-20,23,25,31-34,43H,5-6,21-22,24H2,1-4H3/t31-,32+,33-,34?,38-,39-/m0/s1. The molecule has 0 saturated carbocycles. The van der Waals surface area contributed by atoms with Gasteiger partial charge < -0.3 is 29.3 Å². The first-order valence-corrected chi connectivity index (χ1v) is 17.0. The van der Waals surface area contributed by atoms with Crippen molar-refractivity contribution < 1.29 is 29.0 Å². The maximum Gasteiger partial charge on any atom is 0.253 e. The van der Waals surface area contributed by atoms with E-state index in [0.717, 1.165) is 10.8 Å². The van der Waals surface area contributed by atoms with Crippen LogP contribution < -0.4 is 14.5 Å². The van der Waals surface area contributed by atoms with Crippen molar-refractivity contribution in [1.29, 1.82) is 0 Å². The molecule has 3 aromatic rings. The summed E-state index contributed by atoms with van der Waals surface area (Å²) in [6.45, 7) is 8.51. The summed E-state index contributed by atoms with van der Waals surface area (Å²) in [7, 11) is 0. The molecule has 0 bridgehead atoms. The molecule has 2 saturated heterocycles. The number of aliphatic hydroxyl groups excluding tert-OH is 1. The molecule has 0 aromatic heterocycles. The van der Waals surface area contributed by atoms with Crippen molar-refractivity contribution in [2.45, 2.75) is 57.4 Å². The number of carbonyl (C=O) groups is 3. The van der Waals surface area contributed by atoms with E-state index in [1.54, 1.807) is 14.7 Å². The van der Waals surface area contributed by atoms with E-state index in [2.05, 4.69) is 0 Å². The molecule has 9 nitrogen and oxygen atoms in total. The van der Waals surface area contributed by atoms with Crippen molar-refractivity contribution in [3.8, 4) is 5.75 Å². The number of carbonyl (C=O) groups excluding carboxylic acids is 3. The van der Waals surface area contributed by atoms with Crippen molar-refractivity contribution in [3.63, 3.8) is 0 Å². The third-order valence-electron chi connectivity index (χ3n) is 10.7. The molecule has 2 fully saturated rings. The van der Waals surface area contributed by atoms with Gasteiger partial charge in [-0.1, -0.05) is 75.4 Å². The van der Waals surface area contributed by atoms with Gasteiger partial charge in [-0.25, -0.2) is 0 Å². The van der Waals surface area contributed by atoms with Gasteiger partial charge in [-0.15, -0.1) is 0 Å². The van der Waals surface area contributed by atoms with Crippen LogP contribution in [0.4, 0.5) is 11.4 Å². The summed E-state index contributed by atoms with van der Waals surface area (Å²) >= 11 is 0. The normalized spacial score (nSPS) is 28.8. The van der Waals surface area contributed by atoms with Crippen LogP contribution >= 0.6 is 0 Å². The van der Waals surface area contributed by atoms with Crippen LogP contribution in [-0.2, 0) is 19.1 Å². The minimum absolute atomic E-state index is 0.162. The smallest absolute Gasteiger partial charge is 0.253 e. The molecule has 4 heterocycles. The molecule has 250 valence electrons. The Kier molecular flexibility index (Phi) is 8.16. The minimum atomic E-state index is -1.43. The molecular weight excluding hydrogens is 606 g/mol. The first-order valence-electron chi connectivity index (χ1n) is 17.0. The second-order valence-electron chi connectivity index (χ2n) is 13.5. The van der Waals surface area contributed by atoms with Gasteiger partial charge in [0.25, 0.3) is 5.91 Å². The summed E-state index contributed by atoms with van der Waals surface area (Å²) in [4.78, 5) is 49.8. The Balaban J connectivity index is 1.35. The maximum atomic E-state index is 15.0. The van der Waals surface area contributed by atoms with Crippen LogP contribution in [0.25, 0.3) is 10.8 Å². The molecule has 9 heteroatoms. The van der Waals surface area contributed by atoms with Gasteiger partial charge in [0.05, 0.1) is 36.7 Å². The van der Waals surface area contributed by atoms with Gasteiger partial charge in [0, 0.05) is 24.5 Å². The van der Waals surface area contributed by atoms with Gasteiger partial charge >= 0.3 is 0 Å². The monoisotopic (exact) mass is 649 g/mol. The largest absolute Gasteiger partial charge is 0.494 e. The summed E-state index contributed by atoms with van der Waals surface area (Å²) in [6, 6.07) is 19.5. The van der Waals surface area contributed by atoms with E-state index in [-0.39, 0.29) is 36.8 Å². The molecule has 7 rings (SSSR count). The zero-order chi connectivity index (χ0) is 33.8. The average Bonchev–Trinajstić information content (AvgIpc) is 3.38. The van der Waals surface area contributed by atoms with Gasteiger partial charge in [0.2, 0.25) is 11.8 Å². The number of likely N-dealkylation sites (tertiary alicyclic amines) is 1. The number of benzene rings is 3. The number of anilines is 2. The van der Waals surface area contributed by atoms with Crippen LogP contribution in [-0.4, -0.2) is 77.3 Å². The Morgan fingerprint density at radius 1 is 0.833 bits per heavy atom. The van der Waals surface area contributed by atoms with Crippen molar-refractivity contribution >= 4 is 39.9 Å². The number of aliphatic hydroxyl groups is 1. The third kappa shape index (κ3) is 4.77. The average molecular weight is 650 g/mol. The fraction of sp³-hybridized carbons (Fsp3) is 0.410. The second kappa shape index (κ2) is 12.2. The van der Waals surface area contributed by atoms with Crippen molar-refractivity contribution in [2.24, 2.45) is 17.8 Å². The van der Waals surface area contributed by atoms with Crippen LogP contribution in [0.2, 0.25) is 0 Å². The Hall–Kier alpha value is -4.47. The molecule has 6 atom stereocenters. The summed E-state index contributed by atoms with van der Waals surface area (Å²) < 4.78 is 12.8. The fourth-order valence-electron chi connectivity index (χ4n) is 8.37. The Labute approximate surface area is 281 Å². The fourth-order valence-corrected chi connectivity index (χ4v) is 8.37. The zero-order valence-electron chi connectivity index (χ0n) is 27.9. The van der Waals surface area contributed by atoms with Crippen LogP contribution in [0, 0.1) is 17.8 Å². The van der Waals surface area contributed by atoms with Crippen molar-refractivity contribution in [3.05, 3.63) is 91.0 Å². The molecule has 4 aliphatic rings. The third-order valence-corrected chi connectivity index (χ3v) is 10.7. The number of hydrogen-bond donors (Lipinski definition) is 1. The number of amides is 3. The highest BCUT2D eigenvalue weighted by molar-refractivity contribution is 6.08. The quantitative estimate of drug-likeness (QED) is 0.340. The molecule has 0 aliphatic carbocycles. The molecule has 48 heavy (non-hydrogen) atoms. The lowest BCUT2D eigenvalue weighted by molar-refractivity contribution is -0.150. The van der Waals surface area contributed by atoms with E-state index < -0.39 is 35.1 Å². The van der Waals surface area contributed by atoms with E-state index in [9.17, 15) is 14.7 Å². The highest BCUT2D eigenvalue weighted by Gasteiger charge is 2.76. The lowest BCUT2D eigenvalue weighted by atomic mass is 9.73. The van der Waals surface area contributed by atoms with Gasteiger partial charge in [0.1, 0.15) is 17.4 Å². The predicted molar refractivity (Wildman–Crippen MR) is 185 cm³/mol. The SMILES string of the molecule is CCOc1ccc(N2CC=C[C@]3(CC)O[C@]45C=CCN(c6ccc7ccccc7c6)C(=O)C4N([C@@H](CO)C(C)C)C(=O)[C@@H]5[C@@H]3C2=O)cc1. The molecular formula is C39H43N3O6. The molecule has 1 unspecified atom stereocenters. The number of fused-ring (bicyclic) bond motifs is 3. The highest BCUT2D eigenvalue weighted by atomic mass is 16.5. The van der Waals surface area contributed by atoms with Gasteiger partial charge in [-0.3, -0.25) is 14.4 Å². The molecule has 1 N–H and O–H groups in total. The van der Waals surface area contributed by atoms with E-state index in [1.165, 1.54) is 0 Å². The minimum Gasteiger partial charge on any atom is -0.494 e. The van der Waals surface area contributed by atoms with Crippen LogP contribution in [0.3, 0.4) is 0 Å². The lowest BCUT2D eigenvalue weighted by Crippen LogP contribution is -2.60. The van der Waals surface area contributed by atoms with Gasteiger partial charge in [-0.2, -0.15) is 0 Å². The topological polar surface area (TPSA) is 99.6 Å². The molecule has 3 amide bonds. The van der Waals surface area contributed by atoms with Crippen LogP contribution in [0.1, 0.15) is 34.1 Å². The van der Waals surface area contributed by atoms with E-state index >= 15 is 4.79 Å². The van der Waals surface area contributed by atoms with Gasteiger partial charge in [0.15, 0.2) is 0 Å². The summed E-state index contributed by atoms with van der Waals surface area (Å²) in [5.41, 5.74) is -1.15. The van der Waals surface area contributed by atoms with E-state index in [4.69, 9.17) is 9.47 Å². The molecule has 1 spiro atoms. The molecule has 0 radical (unpaired) electrons. The Bertz CT molecular complexity index is 1800. The number of hydrogen-bond acceptors (Lipinski definition) is 6. The summed E-state index contributed by atoms with van der Waals surface area (Å²) in [6.07, 6.45) is 8.05. The highest BCUT2D eigenvalue weighted by Crippen LogP contribution is 2.59. The Morgan fingerprint density at radius 3 is 2.17 bits per heavy atom. The molecule has 3 aromatic carbocycles. The van der Waals surface area contributed by atoms with Crippen LogP contribution in [0.5, 0.6) is 5.75 Å². The lowest BCUT2D eigenvalue weighted by Gasteiger charge is -2.41. The zero-order valence-corrected chi connectivity index (χ0v) is 27.9. The first kappa shape index (κ1) is 32.1. The number of ether oxygens (including phenoxy) is 2. The maximum absolute atomic E-state index is 15.0. The Morgan fingerprint density at radius 2 is 1.50 bits per heavy atom. The first-order chi connectivity index (χ1) is 23.2. The summed E-state index contributed by atoms with van der Waals surface area (Å²) in [5.74, 6) is -2.21. The number of nitrogens with zero attached hydrogens (tertiary/aromatic N) is 3. The molecule has 4 aliphatic heterocycles. The van der Waals surface area contributed by atoms with E-state index in [1.807, 2.05) is 119 Å². The van der Waals surface area contributed by atoms with Crippen molar-refractivity contribution in [1.82, 2.24) is 4.90 Å². The number of rotatable bonds is 8. The van der Waals surface area contributed by atoms with Crippen molar-refractivity contribution in [2.75, 3.05) is 36.1 Å². The van der Waals surface area contributed by atoms with Gasteiger partial charge in [-0.05, 0) is 66.4 Å². The predicted octanol–water partition coefficient (Wildman–Crippen LogP) is 5.12.